The van der Waals surface area contributed by atoms with Crippen LogP contribution in [0.5, 0.6) is 0 Å². The highest BCUT2D eigenvalue weighted by Crippen LogP contribution is 2.25. The van der Waals surface area contributed by atoms with Gasteiger partial charge in [-0.2, -0.15) is 0 Å². The van der Waals surface area contributed by atoms with Crippen molar-refractivity contribution >= 4 is 17.0 Å². The summed E-state index contributed by atoms with van der Waals surface area (Å²) in [5.74, 6) is 0.846. The van der Waals surface area contributed by atoms with Gasteiger partial charge in [0.1, 0.15) is 12.7 Å². The Balaban J connectivity index is 1.71. The second-order valence-electron chi connectivity index (χ2n) is 5.71. The van der Waals surface area contributed by atoms with Crippen LogP contribution in [-0.4, -0.2) is 59.0 Å². The molecule has 1 unspecified atom stereocenters. The molecule has 4 rings (SSSR count). The molecule has 124 valence electrons. The molecule has 0 aliphatic carbocycles. The van der Waals surface area contributed by atoms with Crippen molar-refractivity contribution in [3.8, 4) is 5.69 Å². The Morgan fingerprint density at radius 3 is 2.92 bits per heavy atom. The van der Waals surface area contributed by atoms with Crippen molar-refractivity contribution in [1.29, 1.82) is 0 Å². The molecule has 1 fully saturated rings. The minimum absolute atomic E-state index is 0.0463. The second kappa shape index (κ2) is 6.54. The SMILES string of the molecule is COCC1CN(c2ncnc3c2ncn3-c2ccccc2)CCO1. The summed E-state index contributed by atoms with van der Waals surface area (Å²) < 4.78 is 12.9. The number of para-hydroxylation sites is 1. The van der Waals surface area contributed by atoms with Crippen LogP contribution in [0.25, 0.3) is 16.9 Å². The van der Waals surface area contributed by atoms with Crippen LogP contribution in [-0.2, 0) is 9.47 Å². The van der Waals surface area contributed by atoms with Crippen molar-refractivity contribution < 1.29 is 9.47 Å². The molecule has 1 saturated heterocycles. The predicted octanol–water partition coefficient (Wildman–Crippen LogP) is 1.67. The molecule has 0 radical (unpaired) electrons. The standard InChI is InChI=1S/C17H19N5O2/c1-23-10-14-9-21(7-8-24-14)16-15-17(19-11-18-16)22(12-20-15)13-5-3-2-4-6-13/h2-6,11-12,14H,7-10H2,1H3. The first-order chi connectivity index (χ1) is 11.9. The Kier molecular flexibility index (Phi) is 4.10. The number of imidazole rings is 1. The normalized spacial score (nSPS) is 18.2. The van der Waals surface area contributed by atoms with E-state index in [0.29, 0.717) is 13.2 Å². The summed E-state index contributed by atoms with van der Waals surface area (Å²) in [5, 5.41) is 0. The number of ether oxygens (including phenoxy) is 2. The summed E-state index contributed by atoms with van der Waals surface area (Å²) in [7, 11) is 1.69. The van der Waals surface area contributed by atoms with Crippen LogP contribution >= 0.6 is 0 Å². The van der Waals surface area contributed by atoms with Crippen LogP contribution in [0.4, 0.5) is 5.82 Å². The van der Waals surface area contributed by atoms with Gasteiger partial charge in [0.25, 0.3) is 0 Å². The van der Waals surface area contributed by atoms with Gasteiger partial charge >= 0.3 is 0 Å². The summed E-state index contributed by atoms with van der Waals surface area (Å²) in [6.45, 7) is 2.74. The Bertz CT molecular complexity index is 818. The van der Waals surface area contributed by atoms with E-state index in [2.05, 4.69) is 19.9 Å². The topological polar surface area (TPSA) is 65.3 Å². The van der Waals surface area contributed by atoms with Crippen molar-refractivity contribution in [1.82, 2.24) is 19.5 Å². The highest BCUT2D eigenvalue weighted by molar-refractivity contribution is 5.84. The summed E-state index contributed by atoms with van der Waals surface area (Å²) >= 11 is 0. The number of hydrogen-bond acceptors (Lipinski definition) is 6. The fourth-order valence-corrected chi connectivity index (χ4v) is 3.03. The lowest BCUT2D eigenvalue weighted by atomic mass is 10.2. The molecule has 1 atom stereocenters. The predicted molar refractivity (Wildman–Crippen MR) is 90.5 cm³/mol. The van der Waals surface area contributed by atoms with Crippen LogP contribution in [0.15, 0.2) is 43.0 Å². The minimum Gasteiger partial charge on any atom is -0.382 e. The smallest absolute Gasteiger partial charge is 0.170 e. The molecule has 1 aromatic carbocycles. The number of fused-ring (bicyclic) bond motifs is 1. The van der Waals surface area contributed by atoms with Gasteiger partial charge in [0.15, 0.2) is 17.0 Å². The van der Waals surface area contributed by atoms with Gasteiger partial charge in [0.2, 0.25) is 0 Å². The number of methoxy groups -OCH3 is 1. The van der Waals surface area contributed by atoms with E-state index in [0.717, 1.165) is 35.8 Å². The molecule has 24 heavy (non-hydrogen) atoms. The lowest BCUT2D eigenvalue weighted by Crippen LogP contribution is -2.44. The zero-order valence-corrected chi connectivity index (χ0v) is 13.5. The lowest BCUT2D eigenvalue weighted by Gasteiger charge is -2.33. The Labute approximate surface area is 139 Å². The molecule has 2 aromatic heterocycles. The van der Waals surface area contributed by atoms with Crippen LogP contribution in [0.3, 0.4) is 0 Å². The molecule has 3 aromatic rings. The highest BCUT2D eigenvalue weighted by atomic mass is 16.5. The van der Waals surface area contributed by atoms with Crippen LogP contribution in [0.1, 0.15) is 0 Å². The fraction of sp³-hybridized carbons (Fsp3) is 0.353. The molecule has 0 N–H and O–H groups in total. The molecule has 7 heteroatoms. The van der Waals surface area contributed by atoms with Crippen molar-refractivity contribution in [3.63, 3.8) is 0 Å². The summed E-state index contributed by atoms with van der Waals surface area (Å²) in [6, 6.07) is 10.1. The van der Waals surface area contributed by atoms with E-state index < -0.39 is 0 Å². The quantitative estimate of drug-likeness (QED) is 0.727. The second-order valence-corrected chi connectivity index (χ2v) is 5.71. The van der Waals surface area contributed by atoms with Gasteiger partial charge in [-0.1, -0.05) is 18.2 Å². The molecule has 0 bridgehead atoms. The molecular weight excluding hydrogens is 306 g/mol. The van der Waals surface area contributed by atoms with Gasteiger partial charge in [-0.3, -0.25) is 4.57 Å². The summed E-state index contributed by atoms with van der Waals surface area (Å²) in [5.41, 5.74) is 2.64. The highest BCUT2D eigenvalue weighted by Gasteiger charge is 2.24. The van der Waals surface area contributed by atoms with E-state index in [1.807, 2.05) is 34.9 Å². The first kappa shape index (κ1) is 15.0. The molecule has 0 spiro atoms. The molecule has 0 saturated carbocycles. The molecule has 3 heterocycles. The van der Waals surface area contributed by atoms with Crippen molar-refractivity contribution in [2.45, 2.75) is 6.10 Å². The maximum Gasteiger partial charge on any atom is 0.170 e. The van der Waals surface area contributed by atoms with Crippen LogP contribution < -0.4 is 4.90 Å². The Morgan fingerprint density at radius 1 is 1.21 bits per heavy atom. The maximum atomic E-state index is 5.72. The van der Waals surface area contributed by atoms with Gasteiger partial charge in [0, 0.05) is 25.9 Å². The number of hydrogen-bond donors (Lipinski definition) is 0. The maximum absolute atomic E-state index is 5.72. The zero-order chi connectivity index (χ0) is 16.4. The number of nitrogens with zero attached hydrogens (tertiary/aromatic N) is 5. The van der Waals surface area contributed by atoms with E-state index in [1.165, 1.54) is 0 Å². The monoisotopic (exact) mass is 325 g/mol. The van der Waals surface area contributed by atoms with Gasteiger partial charge in [-0.05, 0) is 12.1 Å². The van der Waals surface area contributed by atoms with Gasteiger partial charge in [-0.25, -0.2) is 15.0 Å². The average Bonchev–Trinajstić information content (AvgIpc) is 3.07. The fourth-order valence-electron chi connectivity index (χ4n) is 3.03. The Morgan fingerprint density at radius 2 is 2.08 bits per heavy atom. The molecule has 7 nitrogen and oxygen atoms in total. The molecule has 1 aliphatic heterocycles. The zero-order valence-electron chi connectivity index (χ0n) is 13.5. The van der Waals surface area contributed by atoms with E-state index in [9.17, 15) is 0 Å². The van der Waals surface area contributed by atoms with Crippen LogP contribution in [0, 0.1) is 0 Å². The van der Waals surface area contributed by atoms with Crippen molar-refractivity contribution in [2.24, 2.45) is 0 Å². The number of rotatable bonds is 4. The number of aromatic nitrogens is 4. The summed E-state index contributed by atoms with van der Waals surface area (Å²) in [4.78, 5) is 15.7. The largest absolute Gasteiger partial charge is 0.382 e. The molecular formula is C17H19N5O2. The first-order valence-electron chi connectivity index (χ1n) is 7.96. The first-order valence-corrected chi connectivity index (χ1v) is 7.96. The third kappa shape index (κ3) is 2.72. The van der Waals surface area contributed by atoms with Gasteiger partial charge in [-0.15, -0.1) is 0 Å². The van der Waals surface area contributed by atoms with E-state index in [4.69, 9.17) is 9.47 Å². The number of anilines is 1. The van der Waals surface area contributed by atoms with E-state index >= 15 is 0 Å². The van der Waals surface area contributed by atoms with E-state index in [-0.39, 0.29) is 6.10 Å². The summed E-state index contributed by atoms with van der Waals surface area (Å²) in [6.07, 6.45) is 3.44. The van der Waals surface area contributed by atoms with Gasteiger partial charge < -0.3 is 14.4 Å². The third-order valence-corrected chi connectivity index (χ3v) is 4.14. The number of benzene rings is 1. The molecule has 1 aliphatic rings. The lowest BCUT2D eigenvalue weighted by molar-refractivity contribution is -0.0101. The third-order valence-electron chi connectivity index (χ3n) is 4.14. The van der Waals surface area contributed by atoms with Crippen LogP contribution in [0.2, 0.25) is 0 Å². The Hall–Kier alpha value is -2.51. The number of morpholine rings is 1. The minimum atomic E-state index is 0.0463. The van der Waals surface area contributed by atoms with Gasteiger partial charge in [0.05, 0.1) is 19.3 Å². The molecule has 0 amide bonds. The van der Waals surface area contributed by atoms with Crippen molar-refractivity contribution in [2.75, 3.05) is 38.3 Å². The van der Waals surface area contributed by atoms with E-state index in [1.54, 1.807) is 19.8 Å². The average molecular weight is 325 g/mol. The van der Waals surface area contributed by atoms with Crippen molar-refractivity contribution in [3.05, 3.63) is 43.0 Å².